The summed E-state index contributed by atoms with van der Waals surface area (Å²) in [5, 5.41) is 4.08. The van der Waals surface area contributed by atoms with Crippen molar-refractivity contribution in [3.8, 4) is 0 Å². The Balaban J connectivity index is 2.09. The van der Waals surface area contributed by atoms with E-state index in [0.717, 1.165) is 5.56 Å². The Morgan fingerprint density at radius 2 is 2.00 bits per heavy atom. The zero-order valence-corrected chi connectivity index (χ0v) is 13.4. The molecule has 0 spiro atoms. The molecule has 0 saturated carbocycles. The Labute approximate surface area is 134 Å². The zero-order chi connectivity index (χ0) is 15.5. The molecule has 21 heavy (non-hydrogen) atoms. The summed E-state index contributed by atoms with van der Waals surface area (Å²) >= 11 is 12.1. The summed E-state index contributed by atoms with van der Waals surface area (Å²) in [6, 6.07) is 10.6. The number of benzene rings is 1. The van der Waals surface area contributed by atoms with Crippen LogP contribution in [0.5, 0.6) is 0 Å². The van der Waals surface area contributed by atoms with Gasteiger partial charge in [0.25, 0.3) is 5.91 Å². The van der Waals surface area contributed by atoms with Crippen molar-refractivity contribution in [1.29, 1.82) is 0 Å². The molecule has 0 atom stereocenters. The molecular weight excluding hydrogens is 307 g/mol. The van der Waals surface area contributed by atoms with Gasteiger partial charge in [0.1, 0.15) is 5.69 Å². The first-order valence-electron chi connectivity index (χ1n) is 6.55. The number of rotatable bonds is 4. The summed E-state index contributed by atoms with van der Waals surface area (Å²) in [5.74, 6) is -0.200. The van der Waals surface area contributed by atoms with E-state index in [-0.39, 0.29) is 11.3 Å². The van der Waals surface area contributed by atoms with Crippen molar-refractivity contribution >= 4 is 29.1 Å². The van der Waals surface area contributed by atoms with Gasteiger partial charge in [0.05, 0.1) is 0 Å². The molecule has 0 aliphatic rings. The maximum absolute atomic E-state index is 12.0. The largest absolute Gasteiger partial charge is 0.350 e. The molecule has 0 aliphatic heterocycles. The average molecular weight is 323 g/mol. The predicted molar refractivity (Wildman–Crippen MR) is 86.1 cm³/mol. The first-order valence-corrected chi connectivity index (χ1v) is 7.30. The highest BCUT2D eigenvalue weighted by Gasteiger charge is 2.24. The van der Waals surface area contributed by atoms with E-state index in [1.54, 1.807) is 36.5 Å². The lowest BCUT2D eigenvalue weighted by atomic mass is 9.84. The average Bonchev–Trinajstić information content (AvgIpc) is 2.45. The number of nitrogens with one attached hydrogen (secondary N) is 1. The van der Waals surface area contributed by atoms with E-state index < -0.39 is 0 Å². The summed E-state index contributed by atoms with van der Waals surface area (Å²) in [6.07, 6.45) is 1.59. The predicted octanol–water partition coefficient (Wildman–Crippen LogP) is 4.10. The van der Waals surface area contributed by atoms with E-state index in [4.69, 9.17) is 23.2 Å². The number of pyridine rings is 1. The van der Waals surface area contributed by atoms with Gasteiger partial charge in [-0.2, -0.15) is 0 Å². The smallest absolute Gasteiger partial charge is 0.269 e. The van der Waals surface area contributed by atoms with E-state index in [9.17, 15) is 4.79 Å². The van der Waals surface area contributed by atoms with Gasteiger partial charge in [-0.05, 0) is 29.8 Å². The van der Waals surface area contributed by atoms with Gasteiger partial charge < -0.3 is 5.32 Å². The molecule has 1 aromatic heterocycles. The van der Waals surface area contributed by atoms with Gasteiger partial charge >= 0.3 is 0 Å². The van der Waals surface area contributed by atoms with Crippen LogP contribution in [0.25, 0.3) is 0 Å². The number of amides is 1. The van der Waals surface area contributed by atoms with E-state index in [1.165, 1.54) is 0 Å². The minimum atomic E-state index is -0.313. The number of hydrogen-bond acceptors (Lipinski definition) is 2. The summed E-state index contributed by atoms with van der Waals surface area (Å²) in [7, 11) is 0. The second-order valence-corrected chi connectivity index (χ2v) is 6.25. The molecule has 3 nitrogen and oxygen atoms in total. The van der Waals surface area contributed by atoms with Crippen molar-refractivity contribution in [2.75, 3.05) is 6.54 Å². The highest BCUT2D eigenvalue weighted by atomic mass is 35.5. The first kappa shape index (κ1) is 15.8. The van der Waals surface area contributed by atoms with Gasteiger partial charge in [-0.1, -0.05) is 49.2 Å². The maximum atomic E-state index is 12.0. The van der Waals surface area contributed by atoms with Crippen LogP contribution in [0.3, 0.4) is 0 Å². The van der Waals surface area contributed by atoms with Crippen molar-refractivity contribution in [1.82, 2.24) is 10.3 Å². The van der Waals surface area contributed by atoms with Crippen molar-refractivity contribution in [2.45, 2.75) is 19.3 Å². The van der Waals surface area contributed by atoms with Crippen molar-refractivity contribution in [3.05, 3.63) is 63.9 Å². The van der Waals surface area contributed by atoms with Crippen LogP contribution in [0.2, 0.25) is 10.0 Å². The number of nitrogens with zero attached hydrogens (tertiary/aromatic N) is 1. The van der Waals surface area contributed by atoms with Gasteiger partial charge in [0.15, 0.2) is 0 Å². The molecule has 2 aromatic rings. The SMILES string of the molecule is CC(C)(CNC(=O)c1ccccn1)c1ccc(Cl)cc1Cl. The van der Waals surface area contributed by atoms with E-state index in [1.807, 2.05) is 19.9 Å². The normalized spacial score (nSPS) is 11.2. The first-order chi connectivity index (χ1) is 9.90. The van der Waals surface area contributed by atoms with Crippen LogP contribution in [0.1, 0.15) is 29.9 Å². The molecule has 1 aromatic carbocycles. The third-order valence-corrected chi connectivity index (χ3v) is 3.80. The van der Waals surface area contributed by atoms with Crippen LogP contribution >= 0.6 is 23.2 Å². The quantitative estimate of drug-likeness (QED) is 0.920. The zero-order valence-electron chi connectivity index (χ0n) is 11.9. The molecule has 0 aliphatic carbocycles. The number of halogens is 2. The second-order valence-electron chi connectivity index (χ2n) is 5.41. The maximum Gasteiger partial charge on any atom is 0.269 e. The fourth-order valence-corrected chi connectivity index (χ4v) is 2.69. The van der Waals surface area contributed by atoms with Gasteiger partial charge in [0.2, 0.25) is 0 Å². The monoisotopic (exact) mass is 322 g/mol. The van der Waals surface area contributed by atoms with Crippen LogP contribution in [0.4, 0.5) is 0 Å². The van der Waals surface area contributed by atoms with E-state index in [2.05, 4.69) is 10.3 Å². The Hall–Kier alpha value is -1.58. The summed E-state index contributed by atoms with van der Waals surface area (Å²) in [6.45, 7) is 4.48. The summed E-state index contributed by atoms with van der Waals surface area (Å²) in [4.78, 5) is 16.1. The molecule has 0 bridgehead atoms. The highest BCUT2D eigenvalue weighted by Crippen LogP contribution is 2.31. The van der Waals surface area contributed by atoms with Crippen molar-refractivity contribution in [3.63, 3.8) is 0 Å². The Morgan fingerprint density at radius 1 is 1.24 bits per heavy atom. The minimum absolute atomic E-state index is 0.200. The van der Waals surface area contributed by atoms with Crippen molar-refractivity contribution in [2.24, 2.45) is 0 Å². The van der Waals surface area contributed by atoms with E-state index in [0.29, 0.717) is 22.3 Å². The molecule has 5 heteroatoms. The van der Waals surface area contributed by atoms with Gasteiger partial charge in [-0.25, -0.2) is 0 Å². The fourth-order valence-electron chi connectivity index (χ4n) is 2.02. The third-order valence-electron chi connectivity index (χ3n) is 3.25. The lowest BCUT2D eigenvalue weighted by Gasteiger charge is -2.26. The number of aromatic nitrogens is 1. The standard InChI is InChI=1S/C16H16Cl2N2O/c1-16(2,12-7-6-11(17)9-13(12)18)10-20-15(21)14-5-3-4-8-19-14/h3-9H,10H2,1-2H3,(H,20,21). The van der Waals surface area contributed by atoms with Crippen LogP contribution in [0, 0.1) is 0 Å². The second kappa shape index (κ2) is 6.46. The van der Waals surface area contributed by atoms with Crippen molar-refractivity contribution < 1.29 is 4.79 Å². The van der Waals surface area contributed by atoms with Crippen LogP contribution in [-0.4, -0.2) is 17.4 Å². The highest BCUT2D eigenvalue weighted by molar-refractivity contribution is 6.35. The molecule has 1 N–H and O–H groups in total. The van der Waals surface area contributed by atoms with Crippen LogP contribution in [-0.2, 0) is 5.41 Å². The molecule has 110 valence electrons. The Morgan fingerprint density at radius 3 is 2.62 bits per heavy atom. The van der Waals surface area contributed by atoms with Crippen LogP contribution in [0.15, 0.2) is 42.6 Å². The Kier molecular flexibility index (Phi) is 4.86. The summed E-state index contributed by atoms with van der Waals surface area (Å²) in [5.41, 5.74) is 1.02. The number of carbonyl (C=O) groups excluding carboxylic acids is 1. The number of hydrogen-bond donors (Lipinski definition) is 1. The molecular formula is C16H16Cl2N2O. The summed E-state index contributed by atoms with van der Waals surface area (Å²) < 4.78 is 0. The van der Waals surface area contributed by atoms with Gasteiger partial charge in [-0.3, -0.25) is 9.78 Å². The fraction of sp³-hybridized carbons (Fsp3) is 0.250. The molecule has 1 heterocycles. The number of carbonyl (C=O) groups is 1. The van der Waals surface area contributed by atoms with E-state index >= 15 is 0 Å². The van der Waals surface area contributed by atoms with Crippen LogP contribution < -0.4 is 5.32 Å². The lowest BCUT2D eigenvalue weighted by Crippen LogP contribution is -2.37. The third kappa shape index (κ3) is 3.96. The topological polar surface area (TPSA) is 42.0 Å². The lowest BCUT2D eigenvalue weighted by molar-refractivity contribution is 0.0940. The molecule has 0 unspecified atom stereocenters. The van der Waals surface area contributed by atoms with Gasteiger partial charge in [0, 0.05) is 28.2 Å². The minimum Gasteiger partial charge on any atom is -0.350 e. The van der Waals surface area contributed by atoms with Gasteiger partial charge in [-0.15, -0.1) is 0 Å². The Bertz CT molecular complexity index is 642. The molecule has 1 amide bonds. The molecule has 2 rings (SSSR count). The molecule has 0 fully saturated rings. The molecule has 0 radical (unpaired) electrons. The molecule has 0 saturated heterocycles.